The molecule has 0 saturated heterocycles. The number of rotatable bonds is 2. The van der Waals surface area contributed by atoms with E-state index in [2.05, 4.69) is 136 Å². The Morgan fingerprint density at radius 3 is 1.96 bits per heavy atom. The highest BCUT2D eigenvalue weighted by atomic mass is 127. The number of para-hydroxylation sites is 1. The first-order valence-electron chi connectivity index (χ1n) is 8.89. The lowest BCUT2D eigenvalue weighted by atomic mass is 9.41. The summed E-state index contributed by atoms with van der Waals surface area (Å²) in [6, 6.07) is 26.0. The Kier molecular flexibility index (Phi) is 4.20. The fraction of sp³-hybridized carbons (Fsp3) is 0.0455. The van der Waals surface area contributed by atoms with E-state index in [0.717, 1.165) is 5.75 Å². The highest BCUT2D eigenvalue weighted by Gasteiger charge is 2.50. The summed E-state index contributed by atoms with van der Waals surface area (Å²) < 4.78 is 11.6. The van der Waals surface area contributed by atoms with Crippen molar-refractivity contribution in [1.82, 2.24) is 0 Å². The maximum Gasteiger partial charge on any atom is 0.513 e. The quantitative estimate of drug-likeness (QED) is 0.259. The molecule has 0 radical (unpaired) electrons. The molecular formula is C22H16BI2NO. The number of benzene rings is 3. The third-order valence-electron chi connectivity index (χ3n) is 5.50. The summed E-state index contributed by atoms with van der Waals surface area (Å²) in [5.74, 6) is 0.952. The Balaban J connectivity index is 1.88. The molecule has 0 amide bonds. The summed E-state index contributed by atoms with van der Waals surface area (Å²) in [5.41, 5.74) is 4.81. The standard InChI is InChI=1S/C22H16BI2NO/c1-15-13-14-26-22-20(15)3-2-4-21(22)27-23(26,16-5-9-18(24)10-6-16)17-7-11-19(25)12-8-17/h2-14H,1H3. The molecule has 132 valence electrons. The van der Waals surface area contributed by atoms with Crippen molar-refractivity contribution in [1.29, 1.82) is 0 Å². The van der Waals surface area contributed by atoms with Gasteiger partial charge in [-0.15, -0.1) is 0 Å². The van der Waals surface area contributed by atoms with Crippen molar-refractivity contribution in [2.45, 2.75) is 6.92 Å². The second-order valence-corrected chi connectivity index (χ2v) is 9.51. The van der Waals surface area contributed by atoms with Crippen LogP contribution in [-0.2, 0) is 0 Å². The summed E-state index contributed by atoms with van der Waals surface area (Å²) in [5, 5.41) is 1.25. The van der Waals surface area contributed by atoms with Gasteiger partial charge in [-0.05, 0) is 69.8 Å². The molecule has 0 unspecified atom stereocenters. The van der Waals surface area contributed by atoms with Gasteiger partial charge in [0.05, 0.1) is 0 Å². The summed E-state index contributed by atoms with van der Waals surface area (Å²) in [6.45, 7) is 0.580. The highest BCUT2D eigenvalue weighted by molar-refractivity contribution is 14.1. The Bertz CT molecular complexity index is 1130. The van der Waals surface area contributed by atoms with Gasteiger partial charge in [0.1, 0.15) is 11.9 Å². The fourth-order valence-electron chi connectivity index (χ4n) is 4.20. The molecular weight excluding hydrogens is 559 g/mol. The van der Waals surface area contributed by atoms with Crippen molar-refractivity contribution in [3.05, 3.63) is 91.7 Å². The summed E-state index contributed by atoms with van der Waals surface area (Å²) >= 11 is 4.70. The largest absolute Gasteiger partial charge is 0.647 e. The van der Waals surface area contributed by atoms with Crippen molar-refractivity contribution < 1.29 is 9.13 Å². The molecule has 0 fully saturated rings. The Morgan fingerprint density at radius 2 is 1.37 bits per heavy atom. The van der Waals surface area contributed by atoms with Crippen LogP contribution in [0.3, 0.4) is 0 Å². The number of aryl methyl sites for hydroxylation is 1. The fourth-order valence-corrected chi connectivity index (χ4v) is 4.92. The lowest BCUT2D eigenvalue weighted by molar-refractivity contribution is -0.515. The van der Waals surface area contributed by atoms with Crippen LogP contribution in [0.15, 0.2) is 79.0 Å². The third-order valence-corrected chi connectivity index (χ3v) is 6.94. The molecule has 0 N–H and O–H groups in total. The van der Waals surface area contributed by atoms with E-state index in [0.29, 0.717) is 0 Å². The maximum atomic E-state index is 6.84. The zero-order valence-corrected chi connectivity index (χ0v) is 19.0. The smallest absolute Gasteiger partial charge is 0.513 e. The average molecular weight is 575 g/mol. The van der Waals surface area contributed by atoms with E-state index in [1.807, 2.05) is 0 Å². The Morgan fingerprint density at radius 1 is 0.778 bits per heavy atom. The van der Waals surface area contributed by atoms with Gasteiger partial charge >= 0.3 is 6.48 Å². The lowest BCUT2D eigenvalue weighted by Gasteiger charge is -2.31. The van der Waals surface area contributed by atoms with Crippen LogP contribution >= 0.6 is 45.2 Å². The average Bonchev–Trinajstić information content (AvgIpc) is 3.02. The molecule has 2 heterocycles. The van der Waals surface area contributed by atoms with Crippen LogP contribution in [0, 0.1) is 14.1 Å². The lowest BCUT2D eigenvalue weighted by Crippen LogP contribution is -2.80. The minimum atomic E-state index is -1.58. The van der Waals surface area contributed by atoms with E-state index in [-0.39, 0.29) is 0 Å². The molecule has 5 rings (SSSR count). The number of hydrogen-bond acceptors (Lipinski definition) is 1. The van der Waals surface area contributed by atoms with Gasteiger partial charge in [0.15, 0.2) is 0 Å². The van der Waals surface area contributed by atoms with E-state index in [9.17, 15) is 0 Å². The van der Waals surface area contributed by atoms with Crippen LogP contribution in [0.4, 0.5) is 0 Å². The van der Waals surface area contributed by atoms with Crippen molar-refractivity contribution in [3.63, 3.8) is 0 Å². The van der Waals surface area contributed by atoms with E-state index in [1.165, 1.54) is 34.5 Å². The number of hydrogen-bond donors (Lipinski definition) is 0. The molecule has 0 aliphatic carbocycles. The molecule has 1 aliphatic heterocycles. The van der Waals surface area contributed by atoms with Crippen molar-refractivity contribution in [2.75, 3.05) is 0 Å². The summed E-state index contributed by atoms with van der Waals surface area (Å²) in [7, 11) is 0. The van der Waals surface area contributed by atoms with Gasteiger partial charge < -0.3 is 9.13 Å². The molecule has 0 bridgehead atoms. The Labute approximate surface area is 185 Å². The van der Waals surface area contributed by atoms with Gasteiger partial charge in [0.25, 0.3) is 0 Å². The zero-order chi connectivity index (χ0) is 18.6. The molecule has 3 aromatic carbocycles. The van der Waals surface area contributed by atoms with Crippen molar-refractivity contribution >= 4 is 73.5 Å². The molecule has 4 aromatic rings. The summed E-state index contributed by atoms with van der Waals surface area (Å²) in [6.07, 6.45) is 2.18. The number of nitrogens with zero attached hydrogens (tertiary/aromatic N) is 1. The van der Waals surface area contributed by atoms with Gasteiger partial charge in [-0.1, -0.05) is 65.5 Å². The number of aromatic nitrogens is 1. The van der Waals surface area contributed by atoms with E-state index >= 15 is 0 Å². The van der Waals surface area contributed by atoms with E-state index in [4.69, 9.17) is 4.65 Å². The zero-order valence-electron chi connectivity index (χ0n) is 14.7. The van der Waals surface area contributed by atoms with Crippen LogP contribution < -0.4 is 20.1 Å². The van der Waals surface area contributed by atoms with Crippen LogP contribution in [0.5, 0.6) is 5.75 Å². The van der Waals surface area contributed by atoms with Crippen molar-refractivity contribution in [2.24, 2.45) is 0 Å². The van der Waals surface area contributed by atoms with E-state index in [1.54, 1.807) is 0 Å². The molecule has 2 nitrogen and oxygen atoms in total. The molecule has 0 saturated carbocycles. The van der Waals surface area contributed by atoms with Crippen LogP contribution in [-0.4, -0.2) is 6.48 Å². The second-order valence-electron chi connectivity index (χ2n) is 7.02. The molecule has 1 aliphatic rings. The minimum absolute atomic E-state index is 0.952. The monoisotopic (exact) mass is 575 g/mol. The van der Waals surface area contributed by atoms with Gasteiger partial charge in [-0.2, -0.15) is 0 Å². The molecule has 1 aromatic heterocycles. The Hall–Kier alpha value is -1.61. The first kappa shape index (κ1) is 17.5. The van der Waals surface area contributed by atoms with Gasteiger partial charge in [-0.3, -0.25) is 0 Å². The molecule has 27 heavy (non-hydrogen) atoms. The maximum absolute atomic E-state index is 6.84. The predicted octanol–water partition coefficient (Wildman–Crippen LogP) is 4.14. The third kappa shape index (κ3) is 2.62. The van der Waals surface area contributed by atoms with Gasteiger partial charge in [-0.25, -0.2) is 0 Å². The van der Waals surface area contributed by atoms with Crippen LogP contribution in [0.1, 0.15) is 5.56 Å². The first-order chi connectivity index (χ1) is 13.1. The molecule has 0 spiro atoms. The summed E-state index contributed by atoms with van der Waals surface area (Å²) in [4.78, 5) is 0. The minimum Gasteiger partial charge on any atom is -0.647 e. The van der Waals surface area contributed by atoms with Crippen LogP contribution in [0.2, 0.25) is 0 Å². The second kappa shape index (κ2) is 6.48. The molecule has 0 atom stereocenters. The SMILES string of the molecule is Cc1cc[n+]2c3c(cccc13)O[B-]2(c1ccc(I)cc1)c1ccc(I)cc1. The van der Waals surface area contributed by atoms with Crippen molar-refractivity contribution in [3.8, 4) is 5.75 Å². The first-order valence-corrected chi connectivity index (χ1v) is 11.1. The predicted molar refractivity (Wildman–Crippen MR) is 128 cm³/mol. The van der Waals surface area contributed by atoms with E-state index < -0.39 is 6.48 Å². The highest BCUT2D eigenvalue weighted by Crippen LogP contribution is 2.31. The normalized spacial score (nSPS) is 14.3. The number of pyridine rings is 1. The van der Waals surface area contributed by atoms with Gasteiger partial charge in [0.2, 0.25) is 5.52 Å². The topological polar surface area (TPSA) is 13.1 Å². The van der Waals surface area contributed by atoms with Crippen LogP contribution in [0.25, 0.3) is 10.9 Å². The van der Waals surface area contributed by atoms with Gasteiger partial charge in [0, 0.05) is 18.6 Å². The number of halogens is 2. The molecule has 5 heteroatoms.